The van der Waals surface area contributed by atoms with E-state index in [9.17, 15) is 0 Å². The molecule has 2 rings (SSSR count). The highest BCUT2D eigenvalue weighted by molar-refractivity contribution is 6.29. The third-order valence-corrected chi connectivity index (χ3v) is 2.40. The first-order valence-electron chi connectivity index (χ1n) is 4.69. The lowest BCUT2D eigenvalue weighted by molar-refractivity contribution is 1.13. The van der Waals surface area contributed by atoms with Crippen molar-refractivity contribution in [2.45, 2.75) is 0 Å². The molecule has 0 unspecified atom stereocenters. The average Bonchev–Trinajstić information content (AvgIpc) is 2.29. The van der Waals surface area contributed by atoms with E-state index in [2.05, 4.69) is 4.98 Å². The maximum atomic E-state index is 5.84. The fourth-order valence-corrected chi connectivity index (χ4v) is 1.53. The number of benzene rings is 1. The maximum Gasteiger partial charge on any atom is 0.134 e. The Balaban J connectivity index is 2.32. The van der Waals surface area contributed by atoms with Gasteiger partial charge in [-0.05, 0) is 24.3 Å². The van der Waals surface area contributed by atoms with Crippen molar-refractivity contribution in [2.24, 2.45) is 0 Å². The van der Waals surface area contributed by atoms with Crippen molar-refractivity contribution in [1.82, 2.24) is 4.98 Å². The highest BCUT2D eigenvalue weighted by Crippen LogP contribution is 2.21. The number of pyridine rings is 1. The molecule has 0 saturated carbocycles. The molecule has 1 aromatic carbocycles. The predicted octanol–water partition coefficient (Wildman–Crippen LogP) is 3.50. The quantitative estimate of drug-likeness (QED) is 0.718. The van der Waals surface area contributed by atoms with Crippen LogP contribution in [0, 0.1) is 0 Å². The molecule has 0 saturated heterocycles. The van der Waals surface area contributed by atoms with Crippen LogP contribution in [0.1, 0.15) is 0 Å². The monoisotopic (exact) mass is 218 g/mol. The van der Waals surface area contributed by atoms with Crippen molar-refractivity contribution in [3.63, 3.8) is 0 Å². The van der Waals surface area contributed by atoms with Crippen molar-refractivity contribution in [3.05, 3.63) is 53.7 Å². The van der Waals surface area contributed by atoms with Crippen LogP contribution in [0.3, 0.4) is 0 Å². The molecule has 2 aromatic rings. The number of halogens is 1. The van der Waals surface area contributed by atoms with Crippen LogP contribution >= 0.6 is 11.6 Å². The van der Waals surface area contributed by atoms with Crippen molar-refractivity contribution in [3.8, 4) is 0 Å². The second kappa shape index (κ2) is 4.32. The topological polar surface area (TPSA) is 16.1 Å². The van der Waals surface area contributed by atoms with Gasteiger partial charge in [0.15, 0.2) is 0 Å². The van der Waals surface area contributed by atoms with Crippen LogP contribution in [-0.2, 0) is 0 Å². The molecular formula is C12H11ClN2. The molecular weight excluding hydrogens is 208 g/mol. The number of para-hydroxylation sites is 1. The van der Waals surface area contributed by atoms with Gasteiger partial charge in [0.25, 0.3) is 0 Å². The van der Waals surface area contributed by atoms with Gasteiger partial charge in [0.2, 0.25) is 0 Å². The second-order valence-corrected chi connectivity index (χ2v) is 3.60. The van der Waals surface area contributed by atoms with Crippen LogP contribution in [0.25, 0.3) is 0 Å². The molecule has 15 heavy (non-hydrogen) atoms. The van der Waals surface area contributed by atoms with Gasteiger partial charge in [-0.25, -0.2) is 4.98 Å². The highest BCUT2D eigenvalue weighted by atomic mass is 35.5. The van der Waals surface area contributed by atoms with E-state index in [1.54, 1.807) is 6.07 Å². The summed E-state index contributed by atoms with van der Waals surface area (Å²) in [5, 5.41) is 0.510. The Morgan fingerprint density at radius 1 is 1.00 bits per heavy atom. The van der Waals surface area contributed by atoms with Gasteiger partial charge in [0.1, 0.15) is 11.0 Å². The number of anilines is 2. The van der Waals surface area contributed by atoms with E-state index in [0.717, 1.165) is 11.5 Å². The summed E-state index contributed by atoms with van der Waals surface area (Å²) in [5.74, 6) is 0.841. The van der Waals surface area contributed by atoms with Gasteiger partial charge in [-0.2, -0.15) is 0 Å². The van der Waals surface area contributed by atoms with E-state index in [1.165, 1.54) is 0 Å². The van der Waals surface area contributed by atoms with E-state index >= 15 is 0 Å². The van der Waals surface area contributed by atoms with Gasteiger partial charge < -0.3 is 4.90 Å². The largest absolute Gasteiger partial charge is 0.329 e. The second-order valence-electron chi connectivity index (χ2n) is 3.21. The predicted molar refractivity (Wildman–Crippen MR) is 63.8 cm³/mol. The molecule has 0 bridgehead atoms. The molecule has 0 aliphatic rings. The Labute approximate surface area is 94.1 Å². The van der Waals surface area contributed by atoms with Gasteiger partial charge in [0.05, 0.1) is 0 Å². The van der Waals surface area contributed by atoms with Crippen molar-refractivity contribution < 1.29 is 0 Å². The van der Waals surface area contributed by atoms with Gasteiger partial charge in [-0.15, -0.1) is 0 Å². The third kappa shape index (κ3) is 2.28. The molecule has 76 valence electrons. The van der Waals surface area contributed by atoms with E-state index < -0.39 is 0 Å². The zero-order valence-corrected chi connectivity index (χ0v) is 9.15. The van der Waals surface area contributed by atoms with E-state index in [0.29, 0.717) is 5.15 Å². The van der Waals surface area contributed by atoms with Gasteiger partial charge in [0, 0.05) is 12.7 Å². The number of nitrogens with zero attached hydrogens (tertiary/aromatic N) is 2. The van der Waals surface area contributed by atoms with Crippen LogP contribution in [0.5, 0.6) is 0 Å². The van der Waals surface area contributed by atoms with Crippen LogP contribution in [0.4, 0.5) is 11.5 Å². The molecule has 1 heterocycles. The molecule has 0 amide bonds. The molecule has 0 aliphatic heterocycles. The molecule has 1 aromatic heterocycles. The molecule has 0 N–H and O–H groups in total. The van der Waals surface area contributed by atoms with Crippen LogP contribution < -0.4 is 4.90 Å². The minimum Gasteiger partial charge on any atom is -0.329 e. The van der Waals surface area contributed by atoms with Crippen molar-refractivity contribution in [2.75, 3.05) is 11.9 Å². The minimum atomic E-state index is 0.510. The summed E-state index contributed by atoms with van der Waals surface area (Å²) < 4.78 is 0. The SMILES string of the molecule is CN(c1ccccc1)c1cccc(Cl)n1. The van der Waals surface area contributed by atoms with Crippen LogP contribution in [-0.4, -0.2) is 12.0 Å². The van der Waals surface area contributed by atoms with E-state index in [1.807, 2.05) is 54.4 Å². The molecule has 0 aliphatic carbocycles. The fraction of sp³-hybridized carbons (Fsp3) is 0.0833. The standard InChI is InChI=1S/C12H11ClN2/c1-15(10-6-3-2-4-7-10)12-9-5-8-11(13)14-12/h2-9H,1H3. The minimum absolute atomic E-state index is 0.510. The summed E-state index contributed by atoms with van der Waals surface area (Å²) in [6, 6.07) is 15.6. The molecule has 0 radical (unpaired) electrons. The lowest BCUT2D eigenvalue weighted by Gasteiger charge is -2.17. The Bertz CT molecular complexity index is 442. The first kappa shape index (κ1) is 9.99. The van der Waals surface area contributed by atoms with Crippen molar-refractivity contribution in [1.29, 1.82) is 0 Å². The Kier molecular flexibility index (Phi) is 2.88. The summed E-state index contributed by atoms with van der Waals surface area (Å²) in [7, 11) is 1.97. The molecule has 0 atom stereocenters. The first-order chi connectivity index (χ1) is 7.27. The van der Waals surface area contributed by atoms with Crippen LogP contribution in [0.15, 0.2) is 48.5 Å². The number of hydrogen-bond acceptors (Lipinski definition) is 2. The number of aromatic nitrogens is 1. The van der Waals surface area contributed by atoms with Crippen molar-refractivity contribution >= 4 is 23.1 Å². The summed E-state index contributed by atoms with van der Waals surface area (Å²) in [6.45, 7) is 0. The fourth-order valence-electron chi connectivity index (χ4n) is 1.37. The number of rotatable bonds is 2. The summed E-state index contributed by atoms with van der Waals surface area (Å²) in [4.78, 5) is 6.23. The first-order valence-corrected chi connectivity index (χ1v) is 5.06. The van der Waals surface area contributed by atoms with E-state index in [-0.39, 0.29) is 0 Å². The van der Waals surface area contributed by atoms with Gasteiger partial charge >= 0.3 is 0 Å². The Morgan fingerprint density at radius 2 is 1.73 bits per heavy atom. The summed E-state index contributed by atoms with van der Waals surface area (Å²) in [6.07, 6.45) is 0. The molecule has 0 fully saturated rings. The normalized spacial score (nSPS) is 10.0. The average molecular weight is 219 g/mol. The lowest BCUT2D eigenvalue weighted by Crippen LogP contribution is -2.10. The zero-order chi connectivity index (χ0) is 10.7. The third-order valence-electron chi connectivity index (χ3n) is 2.19. The Hall–Kier alpha value is -1.54. The van der Waals surface area contributed by atoms with Gasteiger partial charge in [-0.3, -0.25) is 0 Å². The summed E-state index contributed by atoms with van der Waals surface area (Å²) >= 11 is 5.84. The Morgan fingerprint density at radius 3 is 2.40 bits per heavy atom. The van der Waals surface area contributed by atoms with Crippen LogP contribution in [0.2, 0.25) is 5.15 Å². The smallest absolute Gasteiger partial charge is 0.134 e. The lowest BCUT2D eigenvalue weighted by atomic mass is 10.3. The molecule has 2 nitrogen and oxygen atoms in total. The maximum absolute atomic E-state index is 5.84. The molecule has 0 spiro atoms. The summed E-state index contributed by atoms with van der Waals surface area (Å²) in [5.41, 5.74) is 1.09. The number of hydrogen-bond donors (Lipinski definition) is 0. The highest BCUT2D eigenvalue weighted by Gasteiger charge is 2.04. The zero-order valence-electron chi connectivity index (χ0n) is 8.39. The van der Waals surface area contributed by atoms with Gasteiger partial charge in [-0.1, -0.05) is 35.9 Å². The van der Waals surface area contributed by atoms with E-state index in [4.69, 9.17) is 11.6 Å². The molecule has 3 heteroatoms.